The van der Waals surface area contributed by atoms with Gasteiger partial charge >= 0.3 is 0 Å². The Kier molecular flexibility index (Phi) is 5.08. The third kappa shape index (κ3) is 3.96. The van der Waals surface area contributed by atoms with Crippen molar-refractivity contribution in [3.05, 3.63) is 0 Å². The van der Waals surface area contributed by atoms with Crippen molar-refractivity contribution in [2.24, 2.45) is 11.3 Å². The minimum absolute atomic E-state index is 0.613. The monoisotopic (exact) mass is 252 g/mol. The zero-order valence-corrected chi connectivity index (χ0v) is 12.7. The largest absolute Gasteiger partial charge is 0.320 e. The fourth-order valence-electron chi connectivity index (χ4n) is 3.70. The Labute approximate surface area is 114 Å². The summed E-state index contributed by atoms with van der Waals surface area (Å²) in [7, 11) is 2.07. The molecule has 0 radical (unpaired) electrons. The van der Waals surface area contributed by atoms with Crippen LogP contribution >= 0.6 is 0 Å². The summed E-state index contributed by atoms with van der Waals surface area (Å²) in [5.41, 5.74) is 0.613. The summed E-state index contributed by atoms with van der Waals surface area (Å²) >= 11 is 0. The molecule has 1 heterocycles. The molecule has 0 aromatic rings. The summed E-state index contributed by atoms with van der Waals surface area (Å²) in [5.74, 6) is 0.980. The van der Waals surface area contributed by atoms with Gasteiger partial charge in [0.15, 0.2) is 0 Å². The maximum atomic E-state index is 3.28. The molecule has 18 heavy (non-hydrogen) atoms. The highest BCUT2D eigenvalue weighted by molar-refractivity contribution is 4.86. The number of hydrogen-bond donors (Lipinski definition) is 1. The molecule has 106 valence electrons. The Bertz CT molecular complexity index is 231. The molecule has 1 saturated heterocycles. The lowest BCUT2D eigenvalue weighted by Crippen LogP contribution is -2.44. The Hall–Kier alpha value is -0.0800. The molecule has 0 atom stereocenters. The van der Waals surface area contributed by atoms with Crippen molar-refractivity contribution < 1.29 is 0 Å². The van der Waals surface area contributed by atoms with Crippen LogP contribution in [0.3, 0.4) is 0 Å². The summed E-state index contributed by atoms with van der Waals surface area (Å²) < 4.78 is 0. The van der Waals surface area contributed by atoms with Crippen LogP contribution in [-0.4, -0.2) is 37.6 Å². The van der Waals surface area contributed by atoms with Crippen LogP contribution in [0.2, 0.25) is 0 Å². The summed E-state index contributed by atoms with van der Waals surface area (Å²) in [6, 6.07) is 0.906. The third-order valence-electron chi connectivity index (χ3n) is 5.28. The molecule has 1 saturated carbocycles. The lowest BCUT2D eigenvalue weighted by Gasteiger charge is -2.43. The number of nitrogens with one attached hydrogen (secondary N) is 1. The van der Waals surface area contributed by atoms with Gasteiger partial charge in [-0.05, 0) is 83.0 Å². The van der Waals surface area contributed by atoms with Crippen molar-refractivity contribution in [3.8, 4) is 0 Å². The standard InChI is InChI=1S/C16H32N2/c1-16(2)9-4-15(5-10-16)18-12-7-14(8-13-18)6-11-17-3/h14-15,17H,4-13H2,1-3H3. The Morgan fingerprint density at radius 1 is 1.06 bits per heavy atom. The molecule has 2 fully saturated rings. The molecule has 1 aliphatic heterocycles. The van der Waals surface area contributed by atoms with Crippen LogP contribution in [0.5, 0.6) is 0 Å². The number of nitrogens with zero attached hydrogens (tertiary/aromatic N) is 1. The van der Waals surface area contributed by atoms with Crippen molar-refractivity contribution in [3.63, 3.8) is 0 Å². The summed E-state index contributed by atoms with van der Waals surface area (Å²) in [6.07, 6.45) is 9.97. The maximum absolute atomic E-state index is 3.28. The van der Waals surface area contributed by atoms with E-state index < -0.39 is 0 Å². The third-order valence-corrected chi connectivity index (χ3v) is 5.28. The van der Waals surface area contributed by atoms with Gasteiger partial charge in [0.1, 0.15) is 0 Å². The first-order chi connectivity index (χ1) is 8.61. The number of hydrogen-bond acceptors (Lipinski definition) is 2. The van der Waals surface area contributed by atoms with Crippen molar-refractivity contribution in [1.82, 2.24) is 10.2 Å². The van der Waals surface area contributed by atoms with E-state index in [1.54, 1.807) is 0 Å². The highest BCUT2D eigenvalue weighted by Crippen LogP contribution is 2.37. The molecule has 1 aliphatic carbocycles. The van der Waals surface area contributed by atoms with Crippen LogP contribution in [0, 0.1) is 11.3 Å². The van der Waals surface area contributed by atoms with E-state index in [1.807, 2.05) is 0 Å². The van der Waals surface area contributed by atoms with Gasteiger partial charge in [-0.25, -0.2) is 0 Å². The molecule has 2 heteroatoms. The maximum Gasteiger partial charge on any atom is 0.00956 e. The molecular formula is C16H32N2. The fourth-order valence-corrected chi connectivity index (χ4v) is 3.70. The molecule has 0 aromatic carbocycles. The Morgan fingerprint density at radius 3 is 2.22 bits per heavy atom. The number of rotatable bonds is 4. The van der Waals surface area contributed by atoms with E-state index >= 15 is 0 Å². The fraction of sp³-hybridized carbons (Fsp3) is 1.00. The number of likely N-dealkylation sites (tertiary alicyclic amines) is 1. The van der Waals surface area contributed by atoms with Gasteiger partial charge in [0.05, 0.1) is 0 Å². The predicted molar refractivity (Wildman–Crippen MR) is 78.9 cm³/mol. The lowest BCUT2D eigenvalue weighted by molar-refractivity contribution is 0.0744. The second kappa shape index (κ2) is 6.38. The molecule has 2 aliphatic rings. The van der Waals surface area contributed by atoms with Gasteiger partial charge < -0.3 is 10.2 Å². The van der Waals surface area contributed by atoms with E-state index in [0.717, 1.165) is 12.0 Å². The quantitative estimate of drug-likeness (QED) is 0.826. The van der Waals surface area contributed by atoms with Gasteiger partial charge in [0.25, 0.3) is 0 Å². The Balaban J connectivity index is 1.70. The van der Waals surface area contributed by atoms with E-state index in [2.05, 4.69) is 31.1 Å². The average Bonchev–Trinajstić information content (AvgIpc) is 2.37. The van der Waals surface area contributed by atoms with Gasteiger partial charge in [0.2, 0.25) is 0 Å². The van der Waals surface area contributed by atoms with Crippen LogP contribution in [0.15, 0.2) is 0 Å². The molecular weight excluding hydrogens is 220 g/mol. The first-order valence-corrected chi connectivity index (χ1v) is 7.99. The minimum atomic E-state index is 0.613. The molecule has 0 aromatic heterocycles. The molecule has 0 amide bonds. The van der Waals surface area contributed by atoms with Crippen LogP contribution in [0.4, 0.5) is 0 Å². The predicted octanol–water partition coefficient (Wildman–Crippen LogP) is 3.28. The molecule has 2 nitrogen and oxygen atoms in total. The van der Waals surface area contributed by atoms with Gasteiger partial charge in [0, 0.05) is 6.04 Å². The lowest BCUT2D eigenvalue weighted by atomic mass is 9.75. The second-order valence-corrected chi connectivity index (χ2v) is 7.27. The highest BCUT2D eigenvalue weighted by Gasteiger charge is 2.31. The molecule has 1 N–H and O–H groups in total. The van der Waals surface area contributed by atoms with Gasteiger partial charge in [-0.2, -0.15) is 0 Å². The van der Waals surface area contributed by atoms with Crippen LogP contribution in [0.1, 0.15) is 58.8 Å². The summed E-state index contributed by atoms with van der Waals surface area (Å²) in [5, 5.41) is 3.28. The zero-order valence-electron chi connectivity index (χ0n) is 12.7. The van der Waals surface area contributed by atoms with Crippen LogP contribution in [-0.2, 0) is 0 Å². The van der Waals surface area contributed by atoms with Gasteiger partial charge in [-0.3, -0.25) is 0 Å². The van der Waals surface area contributed by atoms with Gasteiger partial charge in [-0.15, -0.1) is 0 Å². The summed E-state index contributed by atoms with van der Waals surface area (Å²) in [4.78, 5) is 2.80. The SMILES string of the molecule is CNCCC1CCN(C2CCC(C)(C)CC2)CC1. The topological polar surface area (TPSA) is 15.3 Å². The van der Waals surface area contributed by atoms with Crippen LogP contribution in [0.25, 0.3) is 0 Å². The summed E-state index contributed by atoms with van der Waals surface area (Å²) in [6.45, 7) is 8.79. The van der Waals surface area contributed by atoms with Crippen LogP contribution < -0.4 is 5.32 Å². The van der Waals surface area contributed by atoms with E-state index in [1.165, 1.54) is 64.6 Å². The average molecular weight is 252 g/mol. The van der Waals surface area contributed by atoms with Crippen molar-refractivity contribution in [2.45, 2.75) is 64.8 Å². The van der Waals surface area contributed by atoms with Crippen molar-refractivity contribution in [1.29, 1.82) is 0 Å². The van der Waals surface area contributed by atoms with Crippen molar-refractivity contribution >= 4 is 0 Å². The normalized spacial score (nSPS) is 27.5. The smallest absolute Gasteiger partial charge is 0.00956 e. The van der Waals surface area contributed by atoms with Gasteiger partial charge in [-0.1, -0.05) is 13.8 Å². The molecule has 2 rings (SSSR count). The number of piperidine rings is 1. The molecule has 0 spiro atoms. The molecule has 0 bridgehead atoms. The minimum Gasteiger partial charge on any atom is -0.320 e. The first-order valence-electron chi connectivity index (χ1n) is 7.99. The van der Waals surface area contributed by atoms with E-state index in [4.69, 9.17) is 0 Å². The first kappa shape index (κ1) is 14.3. The van der Waals surface area contributed by atoms with E-state index in [-0.39, 0.29) is 0 Å². The highest BCUT2D eigenvalue weighted by atomic mass is 15.2. The van der Waals surface area contributed by atoms with E-state index in [0.29, 0.717) is 5.41 Å². The van der Waals surface area contributed by atoms with Crippen molar-refractivity contribution in [2.75, 3.05) is 26.7 Å². The second-order valence-electron chi connectivity index (χ2n) is 7.27. The molecule has 0 unspecified atom stereocenters. The van der Waals surface area contributed by atoms with E-state index in [9.17, 15) is 0 Å². The Morgan fingerprint density at radius 2 is 1.67 bits per heavy atom. The zero-order chi connectivity index (χ0) is 13.0.